The highest BCUT2D eigenvalue weighted by molar-refractivity contribution is 5.83. The van der Waals surface area contributed by atoms with Gasteiger partial charge in [0.15, 0.2) is 5.60 Å². The molecule has 0 aliphatic carbocycles. The highest BCUT2D eigenvalue weighted by Crippen LogP contribution is 2.36. The van der Waals surface area contributed by atoms with E-state index >= 15 is 0 Å². The van der Waals surface area contributed by atoms with Gasteiger partial charge in [-0.15, -0.1) is 0 Å². The van der Waals surface area contributed by atoms with Crippen molar-refractivity contribution in [3.63, 3.8) is 0 Å². The highest BCUT2D eigenvalue weighted by Gasteiger charge is 2.46. The number of likely N-dealkylation sites (N-methyl/N-ethyl adjacent to an activating group) is 1. The third-order valence-electron chi connectivity index (χ3n) is 2.93. The first kappa shape index (κ1) is 15.4. The monoisotopic (exact) mass is 228 g/mol. The van der Waals surface area contributed by atoms with E-state index in [1.54, 1.807) is 0 Å². The predicted octanol–water partition coefficient (Wildman–Crippen LogP) is 3.30. The molecule has 0 aromatic heterocycles. The zero-order valence-electron chi connectivity index (χ0n) is 12.0. The fourth-order valence-electron chi connectivity index (χ4n) is 2.27. The van der Waals surface area contributed by atoms with Crippen LogP contribution in [0.4, 0.5) is 0 Å². The Kier molecular flexibility index (Phi) is 6.65. The smallest absolute Gasteiger partial charge is 0.157 e. The molecule has 1 fully saturated rings. The van der Waals surface area contributed by atoms with E-state index in [2.05, 4.69) is 24.0 Å². The zero-order valence-corrected chi connectivity index (χ0v) is 12.0. The van der Waals surface area contributed by atoms with Crippen molar-refractivity contribution in [1.29, 1.82) is 0 Å². The summed E-state index contributed by atoms with van der Waals surface area (Å²) in [5, 5.41) is 4.03. The number of hydrogen-bond acceptors (Lipinski definition) is 3. The van der Waals surface area contributed by atoms with Gasteiger partial charge in [-0.05, 0) is 20.9 Å². The van der Waals surface area contributed by atoms with Crippen molar-refractivity contribution in [1.82, 2.24) is 4.90 Å². The molecule has 0 amide bonds. The lowest BCUT2D eigenvalue weighted by molar-refractivity contribution is -0.00874. The van der Waals surface area contributed by atoms with Gasteiger partial charge in [-0.1, -0.05) is 32.9 Å². The van der Waals surface area contributed by atoms with Crippen LogP contribution in [0.1, 0.15) is 54.4 Å². The van der Waals surface area contributed by atoms with E-state index in [0.29, 0.717) is 6.04 Å². The molecule has 0 radical (unpaired) electrons. The Morgan fingerprint density at radius 3 is 2.19 bits per heavy atom. The topological polar surface area (TPSA) is 24.8 Å². The number of rotatable bonds is 0. The average Bonchev–Trinajstić information content (AvgIpc) is 2.77. The molecule has 16 heavy (non-hydrogen) atoms. The van der Waals surface area contributed by atoms with Crippen molar-refractivity contribution in [2.75, 3.05) is 13.6 Å². The van der Waals surface area contributed by atoms with Crippen LogP contribution in [-0.4, -0.2) is 35.8 Å². The summed E-state index contributed by atoms with van der Waals surface area (Å²) in [5.41, 5.74) is 1.16. The molecule has 3 nitrogen and oxygen atoms in total. The van der Waals surface area contributed by atoms with Crippen LogP contribution in [0.5, 0.6) is 0 Å². The Labute approximate surface area is 101 Å². The standard InChI is InChI=1S/C9H16N2O.2C2H6/c1-7-4-9(12-10-7)5-8(2)11(3)6-9;2*1-2/h8H,4-6H2,1-3H3;2*1-2H3. The molecule has 0 N–H and O–H groups in total. The van der Waals surface area contributed by atoms with Crippen LogP contribution in [0, 0.1) is 0 Å². The minimum absolute atomic E-state index is 0.0260. The molecular weight excluding hydrogens is 200 g/mol. The highest BCUT2D eigenvalue weighted by atomic mass is 16.7. The lowest BCUT2D eigenvalue weighted by Gasteiger charge is -2.19. The first-order chi connectivity index (χ1) is 7.61. The van der Waals surface area contributed by atoms with E-state index in [0.717, 1.165) is 25.1 Å². The molecule has 0 aromatic carbocycles. The summed E-state index contributed by atoms with van der Waals surface area (Å²) in [5.74, 6) is 0. The van der Waals surface area contributed by atoms with Gasteiger partial charge in [-0.2, -0.15) is 0 Å². The SMILES string of the molecule is CC.CC.CC1=NOC2(C1)CC(C)N(C)C2. The third kappa shape index (κ3) is 3.48. The molecule has 96 valence electrons. The molecule has 2 atom stereocenters. The minimum Gasteiger partial charge on any atom is -0.387 e. The Hall–Kier alpha value is -0.570. The van der Waals surface area contributed by atoms with Gasteiger partial charge in [0.2, 0.25) is 0 Å². The van der Waals surface area contributed by atoms with Gasteiger partial charge in [-0.3, -0.25) is 4.90 Å². The molecule has 2 aliphatic rings. The van der Waals surface area contributed by atoms with Crippen molar-refractivity contribution in [2.45, 2.75) is 66.0 Å². The Morgan fingerprint density at radius 2 is 1.88 bits per heavy atom. The van der Waals surface area contributed by atoms with E-state index in [1.807, 2.05) is 34.6 Å². The zero-order chi connectivity index (χ0) is 12.8. The van der Waals surface area contributed by atoms with Crippen molar-refractivity contribution < 1.29 is 4.84 Å². The molecule has 2 rings (SSSR count). The molecule has 0 bridgehead atoms. The van der Waals surface area contributed by atoms with E-state index in [4.69, 9.17) is 4.84 Å². The summed E-state index contributed by atoms with van der Waals surface area (Å²) in [6.45, 7) is 13.3. The van der Waals surface area contributed by atoms with Crippen molar-refractivity contribution in [2.24, 2.45) is 5.16 Å². The minimum atomic E-state index is 0.0260. The first-order valence-corrected chi connectivity index (χ1v) is 6.53. The number of hydrogen-bond donors (Lipinski definition) is 0. The molecule has 1 saturated heterocycles. The largest absolute Gasteiger partial charge is 0.387 e. The van der Waals surface area contributed by atoms with Crippen LogP contribution in [0.25, 0.3) is 0 Å². The molecule has 2 aliphatic heterocycles. The van der Waals surface area contributed by atoms with Crippen LogP contribution < -0.4 is 0 Å². The van der Waals surface area contributed by atoms with Crippen molar-refractivity contribution in [3.8, 4) is 0 Å². The maximum absolute atomic E-state index is 5.50. The van der Waals surface area contributed by atoms with Crippen LogP contribution in [-0.2, 0) is 4.84 Å². The molecule has 2 heterocycles. The third-order valence-corrected chi connectivity index (χ3v) is 2.93. The Morgan fingerprint density at radius 1 is 1.31 bits per heavy atom. The molecule has 2 unspecified atom stereocenters. The summed E-state index contributed by atoms with van der Waals surface area (Å²) in [6.07, 6.45) is 2.13. The molecule has 0 saturated carbocycles. The second-order valence-corrected chi connectivity index (χ2v) is 4.25. The van der Waals surface area contributed by atoms with Crippen LogP contribution in [0.15, 0.2) is 5.16 Å². The van der Waals surface area contributed by atoms with E-state index in [9.17, 15) is 0 Å². The quantitative estimate of drug-likeness (QED) is 0.635. The number of oxime groups is 1. The normalized spacial score (nSPS) is 32.2. The maximum atomic E-state index is 5.50. The molecule has 3 heteroatoms. The Balaban J connectivity index is 0.000000509. The molecule has 1 spiro atoms. The van der Waals surface area contributed by atoms with Crippen LogP contribution >= 0.6 is 0 Å². The summed E-state index contributed by atoms with van der Waals surface area (Å²) < 4.78 is 0. The van der Waals surface area contributed by atoms with Gasteiger partial charge >= 0.3 is 0 Å². The Bertz CT molecular complexity index is 216. The second-order valence-electron chi connectivity index (χ2n) is 4.25. The van der Waals surface area contributed by atoms with E-state index in [1.165, 1.54) is 0 Å². The van der Waals surface area contributed by atoms with Crippen molar-refractivity contribution in [3.05, 3.63) is 0 Å². The maximum Gasteiger partial charge on any atom is 0.157 e. The van der Waals surface area contributed by atoms with E-state index in [-0.39, 0.29) is 5.60 Å². The predicted molar refractivity (Wildman–Crippen MR) is 70.9 cm³/mol. The van der Waals surface area contributed by atoms with Gasteiger partial charge in [0.1, 0.15) is 0 Å². The van der Waals surface area contributed by atoms with Crippen LogP contribution in [0.3, 0.4) is 0 Å². The van der Waals surface area contributed by atoms with Gasteiger partial charge in [0.05, 0.1) is 5.71 Å². The summed E-state index contributed by atoms with van der Waals surface area (Å²) in [4.78, 5) is 7.84. The van der Waals surface area contributed by atoms with Crippen LogP contribution in [0.2, 0.25) is 0 Å². The number of nitrogens with zero attached hydrogens (tertiary/aromatic N) is 2. The molecular formula is C13H28N2O. The lowest BCUT2D eigenvalue weighted by atomic mass is 9.95. The summed E-state index contributed by atoms with van der Waals surface area (Å²) in [7, 11) is 2.15. The van der Waals surface area contributed by atoms with Gasteiger partial charge in [0, 0.05) is 25.4 Å². The molecule has 0 aromatic rings. The fourth-order valence-corrected chi connectivity index (χ4v) is 2.27. The van der Waals surface area contributed by atoms with Gasteiger partial charge < -0.3 is 4.84 Å². The lowest BCUT2D eigenvalue weighted by Crippen LogP contribution is -2.32. The van der Waals surface area contributed by atoms with Crippen molar-refractivity contribution >= 4 is 5.71 Å². The van der Waals surface area contributed by atoms with Gasteiger partial charge in [-0.25, -0.2) is 0 Å². The van der Waals surface area contributed by atoms with Gasteiger partial charge in [0.25, 0.3) is 0 Å². The number of likely N-dealkylation sites (tertiary alicyclic amines) is 1. The van der Waals surface area contributed by atoms with E-state index < -0.39 is 0 Å². The second kappa shape index (κ2) is 6.89. The average molecular weight is 228 g/mol. The fraction of sp³-hybridized carbons (Fsp3) is 0.923. The first-order valence-electron chi connectivity index (χ1n) is 6.53. The summed E-state index contributed by atoms with van der Waals surface area (Å²) in [6, 6.07) is 0.631. The summed E-state index contributed by atoms with van der Waals surface area (Å²) >= 11 is 0.